The van der Waals surface area contributed by atoms with Crippen molar-refractivity contribution in [1.29, 1.82) is 5.26 Å². The molecule has 0 unspecified atom stereocenters. The summed E-state index contributed by atoms with van der Waals surface area (Å²) in [5.41, 5.74) is 3.19. The number of aromatic nitrogens is 2. The van der Waals surface area contributed by atoms with E-state index in [0.29, 0.717) is 5.69 Å². The Morgan fingerprint density at radius 3 is 2.50 bits per heavy atom. The third-order valence-corrected chi connectivity index (χ3v) is 7.04. The predicted molar refractivity (Wildman–Crippen MR) is 124 cm³/mol. The van der Waals surface area contributed by atoms with Crippen LogP contribution in [0, 0.1) is 11.3 Å². The maximum Gasteiger partial charge on any atom is 0.275 e. The Balaban J connectivity index is 1.65. The Morgan fingerprint density at radius 1 is 1.09 bits per heavy atom. The lowest BCUT2D eigenvalue weighted by Gasteiger charge is -2.08. The van der Waals surface area contributed by atoms with Crippen molar-refractivity contribution in [1.82, 2.24) is 9.97 Å². The number of carbonyl (C=O) groups excluding carboxylic acids is 1. The maximum atomic E-state index is 12.8. The first-order chi connectivity index (χ1) is 15.3. The number of nitriles is 1. The molecule has 0 saturated carbocycles. The van der Waals surface area contributed by atoms with E-state index in [1.165, 1.54) is 29.0 Å². The van der Waals surface area contributed by atoms with E-state index in [9.17, 15) is 13.2 Å². The molecule has 4 rings (SSSR count). The molecule has 7 nitrogen and oxygen atoms in total. The molecule has 9 heteroatoms. The number of sulfone groups is 1. The van der Waals surface area contributed by atoms with Gasteiger partial charge in [0.25, 0.3) is 5.91 Å². The van der Waals surface area contributed by atoms with Crippen molar-refractivity contribution in [2.75, 3.05) is 11.6 Å². The third kappa shape index (κ3) is 4.37. The lowest BCUT2D eigenvalue weighted by molar-refractivity contribution is 0.101. The van der Waals surface area contributed by atoms with Crippen LogP contribution in [0.1, 0.15) is 28.7 Å². The normalized spacial score (nSPS) is 11.3. The van der Waals surface area contributed by atoms with Crippen molar-refractivity contribution in [2.24, 2.45) is 0 Å². The molecule has 0 aliphatic heterocycles. The number of amides is 1. The van der Waals surface area contributed by atoms with Crippen LogP contribution in [-0.4, -0.2) is 30.5 Å². The Labute approximate surface area is 189 Å². The number of thiazole rings is 1. The van der Waals surface area contributed by atoms with Gasteiger partial charge in [0.2, 0.25) is 0 Å². The molecule has 2 aromatic carbocycles. The summed E-state index contributed by atoms with van der Waals surface area (Å²) >= 11 is 1.50. The number of pyridine rings is 1. The number of nitrogens with one attached hydrogen (secondary N) is 1. The minimum Gasteiger partial charge on any atom is -0.321 e. The van der Waals surface area contributed by atoms with Gasteiger partial charge in [0.15, 0.2) is 9.84 Å². The van der Waals surface area contributed by atoms with Crippen molar-refractivity contribution in [2.45, 2.75) is 18.2 Å². The van der Waals surface area contributed by atoms with Crippen LogP contribution in [0.3, 0.4) is 0 Å². The van der Waals surface area contributed by atoms with E-state index in [-0.39, 0.29) is 16.3 Å². The molecule has 2 aromatic heterocycles. The molecule has 0 aliphatic rings. The van der Waals surface area contributed by atoms with Crippen LogP contribution in [0.15, 0.2) is 59.5 Å². The Bertz CT molecular complexity index is 1480. The summed E-state index contributed by atoms with van der Waals surface area (Å²) < 4.78 is 25.0. The van der Waals surface area contributed by atoms with E-state index in [4.69, 9.17) is 5.26 Å². The molecule has 0 saturated heterocycles. The van der Waals surface area contributed by atoms with Crippen LogP contribution in [0.2, 0.25) is 0 Å². The molecule has 0 spiro atoms. The van der Waals surface area contributed by atoms with Crippen LogP contribution in [0.25, 0.3) is 20.8 Å². The standard InChI is InChI=1S/C23H18N4O3S2/c1-3-14-4-6-15(7-5-14)23-27-18-10-8-16(12-19(18)31-23)26-22(28)21-20(32(2,29)30)11-9-17(13-24)25-21/h4-12H,3H2,1-2H3,(H,26,28). The SMILES string of the molecule is CCc1ccc(-c2nc3ccc(NC(=O)c4nc(C#N)ccc4S(C)(=O)=O)cc3s2)cc1. The highest BCUT2D eigenvalue weighted by Gasteiger charge is 2.21. The van der Waals surface area contributed by atoms with Crippen molar-refractivity contribution in [3.8, 4) is 16.6 Å². The second-order valence-corrected chi connectivity index (χ2v) is 10.1. The molecule has 0 bridgehead atoms. The Kier molecular flexibility index (Phi) is 5.74. The fraction of sp³-hybridized carbons (Fsp3) is 0.130. The van der Waals surface area contributed by atoms with Crippen LogP contribution >= 0.6 is 11.3 Å². The first kappa shape index (κ1) is 21.6. The number of nitrogens with zero attached hydrogens (tertiary/aromatic N) is 3. The summed E-state index contributed by atoms with van der Waals surface area (Å²) in [5.74, 6) is -0.707. The first-order valence-electron chi connectivity index (χ1n) is 9.71. The number of aryl methyl sites for hydroxylation is 1. The summed E-state index contributed by atoms with van der Waals surface area (Å²) in [4.78, 5) is 21.2. The predicted octanol–water partition coefficient (Wildman–Crippen LogP) is 4.45. The van der Waals surface area contributed by atoms with Gasteiger partial charge < -0.3 is 5.32 Å². The van der Waals surface area contributed by atoms with Crippen molar-refractivity contribution >= 4 is 43.0 Å². The monoisotopic (exact) mass is 462 g/mol. The lowest BCUT2D eigenvalue weighted by Crippen LogP contribution is -2.18. The Hall–Kier alpha value is -3.61. The van der Waals surface area contributed by atoms with Gasteiger partial charge in [0, 0.05) is 17.5 Å². The van der Waals surface area contributed by atoms with Gasteiger partial charge in [-0.15, -0.1) is 11.3 Å². The molecular weight excluding hydrogens is 444 g/mol. The Morgan fingerprint density at radius 2 is 1.84 bits per heavy atom. The summed E-state index contributed by atoms with van der Waals surface area (Å²) in [6, 6.07) is 17.8. The van der Waals surface area contributed by atoms with E-state index in [2.05, 4.69) is 34.3 Å². The maximum absolute atomic E-state index is 12.8. The molecule has 4 aromatic rings. The second kappa shape index (κ2) is 8.49. The van der Waals surface area contributed by atoms with Crippen LogP contribution in [-0.2, 0) is 16.3 Å². The van der Waals surface area contributed by atoms with E-state index in [1.807, 2.05) is 18.2 Å². The lowest BCUT2D eigenvalue weighted by atomic mass is 10.1. The van der Waals surface area contributed by atoms with Crippen molar-refractivity contribution < 1.29 is 13.2 Å². The highest BCUT2D eigenvalue weighted by molar-refractivity contribution is 7.90. The third-order valence-electron chi connectivity index (χ3n) is 4.84. The minimum absolute atomic E-state index is 0.0424. The van der Waals surface area contributed by atoms with Gasteiger partial charge >= 0.3 is 0 Å². The number of carbonyl (C=O) groups is 1. The smallest absolute Gasteiger partial charge is 0.275 e. The van der Waals surface area contributed by atoms with Crippen LogP contribution < -0.4 is 5.32 Å². The number of rotatable bonds is 5. The van der Waals surface area contributed by atoms with Crippen LogP contribution in [0.5, 0.6) is 0 Å². The van der Waals surface area contributed by atoms with Gasteiger partial charge in [-0.2, -0.15) is 5.26 Å². The average molecular weight is 463 g/mol. The van der Waals surface area contributed by atoms with Gasteiger partial charge in [0.05, 0.1) is 15.1 Å². The summed E-state index contributed by atoms with van der Waals surface area (Å²) in [5, 5.41) is 12.6. The van der Waals surface area contributed by atoms with Gasteiger partial charge in [-0.25, -0.2) is 18.4 Å². The minimum atomic E-state index is -3.70. The largest absolute Gasteiger partial charge is 0.321 e. The molecule has 0 atom stereocenters. The number of hydrogen-bond donors (Lipinski definition) is 1. The van der Waals surface area contributed by atoms with E-state index in [0.717, 1.165) is 33.5 Å². The highest BCUT2D eigenvalue weighted by Crippen LogP contribution is 2.32. The van der Waals surface area contributed by atoms with E-state index in [1.54, 1.807) is 18.2 Å². The van der Waals surface area contributed by atoms with E-state index < -0.39 is 15.7 Å². The molecule has 1 N–H and O–H groups in total. The summed E-state index contributed by atoms with van der Waals surface area (Å²) in [6.07, 6.45) is 1.96. The summed E-state index contributed by atoms with van der Waals surface area (Å²) in [7, 11) is -3.70. The number of benzene rings is 2. The van der Waals surface area contributed by atoms with Crippen molar-refractivity contribution in [3.05, 3.63) is 71.5 Å². The zero-order valence-electron chi connectivity index (χ0n) is 17.3. The quantitative estimate of drug-likeness (QED) is 0.469. The topological polar surface area (TPSA) is 113 Å². The van der Waals surface area contributed by atoms with E-state index >= 15 is 0 Å². The van der Waals surface area contributed by atoms with Gasteiger partial charge in [-0.1, -0.05) is 31.2 Å². The van der Waals surface area contributed by atoms with Crippen LogP contribution in [0.4, 0.5) is 5.69 Å². The zero-order chi connectivity index (χ0) is 22.9. The zero-order valence-corrected chi connectivity index (χ0v) is 18.9. The molecule has 2 heterocycles. The average Bonchev–Trinajstić information content (AvgIpc) is 3.21. The molecule has 32 heavy (non-hydrogen) atoms. The van der Waals surface area contributed by atoms with Gasteiger partial charge in [-0.05, 0) is 42.3 Å². The molecule has 0 aliphatic carbocycles. The van der Waals surface area contributed by atoms with Gasteiger partial charge in [-0.3, -0.25) is 4.79 Å². The number of anilines is 1. The fourth-order valence-electron chi connectivity index (χ4n) is 3.17. The highest BCUT2D eigenvalue weighted by atomic mass is 32.2. The first-order valence-corrected chi connectivity index (χ1v) is 12.4. The molecular formula is C23H18N4O3S2. The molecule has 160 valence electrons. The molecule has 1 amide bonds. The number of hydrogen-bond acceptors (Lipinski definition) is 7. The van der Waals surface area contributed by atoms with Crippen molar-refractivity contribution in [3.63, 3.8) is 0 Å². The van der Waals surface area contributed by atoms with Gasteiger partial charge in [0.1, 0.15) is 22.5 Å². The summed E-state index contributed by atoms with van der Waals surface area (Å²) in [6.45, 7) is 2.10. The second-order valence-electron chi connectivity index (χ2n) is 7.13. The number of fused-ring (bicyclic) bond motifs is 1. The molecule has 0 radical (unpaired) electrons. The molecule has 0 fully saturated rings. The fourth-order valence-corrected chi connectivity index (χ4v) is 4.98.